The monoisotopic (exact) mass is 266 g/mol. The Morgan fingerprint density at radius 1 is 1.21 bits per heavy atom. The van der Waals surface area contributed by atoms with Crippen LogP contribution in [0.2, 0.25) is 0 Å². The fourth-order valence-corrected chi connectivity index (χ4v) is 3.78. The summed E-state index contributed by atoms with van der Waals surface area (Å²) in [7, 11) is 0. The van der Waals surface area contributed by atoms with E-state index < -0.39 is 11.5 Å². The molecule has 1 unspecified atom stereocenters. The van der Waals surface area contributed by atoms with Gasteiger partial charge in [-0.2, -0.15) is 0 Å². The number of hydrogen-bond donors (Lipinski definition) is 3. The van der Waals surface area contributed by atoms with Crippen molar-refractivity contribution in [2.24, 2.45) is 11.3 Å². The van der Waals surface area contributed by atoms with E-state index >= 15 is 0 Å². The topological polar surface area (TPSA) is 78.4 Å². The molecule has 1 saturated heterocycles. The molecule has 1 spiro atoms. The molecule has 19 heavy (non-hydrogen) atoms. The molecule has 0 aromatic carbocycles. The lowest BCUT2D eigenvalue weighted by atomic mass is 9.74. The molecule has 1 aliphatic heterocycles. The minimum absolute atomic E-state index is 0.0695. The van der Waals surface area contributed by atoms with Gasteiger partial charge in [-0.25, -0.2) is 0 Å². The minimum atomic E-state index is -0.813. The molecule has 0 bridgehead atoms. The van der Waals surface area contributed by atoms with E-state index in [1.165, 1.54) is 0 Å². The number of carbonyl (C=O) groups is 2. The Kier molecular flexibility index (Phi) is 3.04. The fraction of sp³-hybridized carbons (Fsp3) is 0.857. The zero-order valence-corrected chi connectivity index (χ0v) is 11.2. The Balaban J connectivity index is 1.58. The van der Waals surface area contributed by atoms with Gasteiger partial charge in [0.25, 0.3) is 0 Å². The summed E-state index contributed by atoms with van der Waals surface area (Å²) >= 11 is 0. The molecule has 3 rings (SSSR count). The summed E-state index contributed by atoms with van der Waals surface area (Å²) in [6, 6.07) is 0. The molecule has 0 radical (unpaired) electrons. The van der Waals surface area contributed by atoms with Crippen molar-refractivity contribution in [2.45, 2.75) is 50.5 Å². The second-order valence-corrected chi connectivity index (χ2v) is 6.56. The third-order valence-corrected chi connectivity index (χ3v) is 5.29. The van der Waals surface area contributed by atoms with Crippen LogP contribution in [0.5, 0.6) is 0 Å². The van der Waals surface area contributed by atoms with Gasteiger partial charge in [0.1, 0.15) is 0 Å². The highest BCUT2D eigenvalue weighted by Crippen LogP contribution is 2.58. The zero-order valence-electron chi connectivity index (χ0n) is 11.2. The van der Waals surface area contributed by atoms with Crippen LogP contribution in [0.3, 0.4) is 0 Å². The van der Waals surface area contributed by atoms with Gasteiger partial charge in [0, 0.05) is 5.92 Å². The van der Waals surface area contributed by atoms with E-state index in [0.717, 1.165) is 51.6 Å². The van der Waals surface area contributed by atoms with E-state index in [0.29, 0.717) is 0 Å². The molecular weight excluding hydrogens is 244 g/mol. The van der Waals surface area contributed by atoms with Crippen molar-refractivity contribution in [3.8, 4) is 0 Å². The third kappa shape index (κ3) is 2.36. The predicted molar refractivity (Wildman–Crippen MR) is 69.6 cm³/mol. The SMILES string of the molecule is O=C(O)CC1(NC(=O)C2CC23CCNCC3)CCC1. The molecule has 1 heterocycles. The average molecular weight is 266 g/mol. The molecule has 2 saturated carbocycles. The smallest absolute Gasteiger partial charge is 0.305 e. The van der Waals surface area contributed by atoms with Crippen LogP contribution in [0.15, 0.2) is 0 Å². The van der Waals surface area contributed by atoms with Gasteiger partial charge < -0.3 is 15.7 Å². The average Bonchev–Trinajstić information content (AvgIpc) is 3.00. The Labute approximate surface area is 113 Å². The highest BCUT2D eigenvalue weighted by atomic mass is 16.4. The molecule has 1 atom stereocenters. The standard InChI is InChI=1S/C14H22N2O3/c17-11(18)9-14(2-1-3-14)16-12(19)10-8-13(10)4-6-15-7-5-13/h10,15H,1-9H2,(H,16,19)(H,17,18). The minimum Gasteiger partial charge on any atom is -0.481 e. The van der Waals surface area contributed by atoms with Crippen molar-refractivity contribution in [3.05, 3.63) is 0 Å². The fourth-order valence-electron chi connectivity index (χ4n) is 3.78. The maximum absolute atomic E-state index is 12.3. The summed E-state index contributed by atoms with van der Waals surface area (Å²) in [5, 5.41) is 15.3. The van der Waals surface area contributed by atoms with Crippen LogP contribution in [0.4, 0.5) is 0 Å². The van der Waals surface area contributed by atoms with Crippen LogP contribution in [-0.2, 0) is 9.59 Å². The first-order chi connectivity index (χ1) is 9.05. The maximum atomic E-state index is 12.3. The van der Waals surface area contributed by atoms with Gasteiger partial charge in [-0.1, -0.05) is 0 Å². The number of amides is 1. The third-order valence-electron chi connectivity index (χ3n) is 5.29. The highest BCUT2D eigenvalue weighted by molar-refractivity contribution is 5.84. The molecule has 5 nitrogen and oxygen atoms in total. The van der Waals surface area contributed by atoms with Gasteiger partial charge in [-0.05, 0) is 57.0 Å². The summed E-state index contributed by atoms with van der Waals surface area (Å²) in [6.45, 7) is 2.01. The maximum Gasteiger partial charge on any atom is 0.305 e. The molecule has 3 fully saturated rings. The van der Waals surface area contributed by atoms with E-state index in [1.54, 1.807) is 0 Å². The van der Waals surface area contributed by atoms with E-state index in [9.17, 15) is 9.59 Å². The van der Waals surface area contributed by atoms with Crippen molar-refractivity contribution in [1.82, 2.24) is 10.6 Å². The molecule has 0 aromatic rings. The van der Waals surface area contributed by atoms with Gasteiger partial charge in [-0.3, -0.25) is 9.59 Å². The number of carboxylic acids is 1. The van der Waals surface area contributed by atoms with Crippen molar-refractivity contribution < 1.29 is 14.7 Å². The van der Waals surface area contributed by atoms with Crippen molar-refractivity contribution >= 4 is 11.9 Å². The van der Waals surface area contributed by atoms with Crippen LogP contribution in [-0.4, -0.2) is 35.6 Å². The van der Waals surface area contributed by atoms with Crippen LogP contribution in [0, 0.1) is 11.3 Å². The van der Waals surface area contributed by atoms with Crippen LogP contribution >= 0.6 is 0 Å². The molecule has 1 amide bonds. The van der Waals surface area contributed by atoms with Gasteiger partial charge in [0.2, 0.25) is 5.91 Å². The summed E-state index contributed by atoms with van der Waals surface area (Å²) in [5.74, 6) is -0.587. The Hall–Kier alpha value is -1.10. The van der Waals surface area contributed by atoms with Crippen LogP contribution in [0.25, 0.3) is 0 Å². The second-order valence-electron chi connectivity index (χ2n) is 6.56. The van der Waals surface area contributed by atoms with Gasteiger partial charge >= 0.3 is 5.97 Å². The van der Waals surface area contributed by atoms with E-state index in [1.807, 2.05) is 0 Å². The normalized spacial score (nSPS) is 30.4. The predicted octanol–water partition coefficient (Wildman–Crippen LogP) is 0.890. The first kappa shape index (κ1) is 12.9. The molecule has 106 valence electrons. The number of aliphatic carboxylic acids is 1. The Bertz CT molecular complexity index is 397. The van der Waals surface area contributed by atoms with E-state index in [2.05, 4.69) is 10.6 Å². The largest absolute Gasteiger partial charge is 0.481 e. The summed E-state index contributed by atoms with van der Waals surface area (Å²) < 4.78 is 0. The van der Waals surface area contributed by atoms with Crippen molar-refractivity contribution in [1.29, 1.82) is 0 Å². The van der Waals surface area contributed by atoms with Gasteiger partial charge in [0.05, 0.1) is 12.0 Å². The molecule has 3 N–H and O–H groups in total. The summed E-state index contributed by atoms with van der Waals surface area (Å²) in [6.07, 6.45) is 5.86. The first-order valence-electron chi connectivity index (χ1n) is 7.30. The highest BCUT2D eigenvalue weighted by Gasteiger charge is 2.58. The molecule has 5 heteroatoms. The Morgan fingerprint density at radius 2 is 1.89 bits per heavy atom. The molecule has 3 aliphatic rings. The number of hydrogen-bond acceptors (Lipinski definition) is 3. The number of piperidine rings is 1. The summed E-state index contributed by atoms with van der Waals surface area (Å²) in [5.41, 5.74) is -0.219. The Morgan fingerprint density at radius 3 is 2.42 bits per heavy atom. The van der Waals surface area contributed by atoms with Crippen molar-refractivity contribution in [2.75, 3.05) is 13.1 Å². The number of rotatable bonds is 4. The number of carboxylic acid groups (broad SMARTS) is 1. The lowest BCUT2D eigenvalue weighted by molar-refractivity contribution is -0.140. The first-order valence-corrected chi connectivity index (χ1v) is 7.30. The molecule has 2 aliphatic carbocycles. The second kappa shape index (κ2) is 4.47. The molecule has 0 aromatic heterocycles. The molecular formula is C14H22N2O3. The lowest BCUT2D eigenvalue weighted by Crippen LogP contribution is -2.55. The van der Waals surface area contributed by atoms with Crippen LogP contribution in [0.1, 0.15) is 44.9 Å². The number of carbonyl (C=O) groups excluding carboxylic acids is 1. The van der Waals surface area contributed by atoms with E-state index in [-0.39, 0.29) is 23.7 Å². The summed E-state index contributed by atoms with van der Waals surface area (Å²) in [4.78, 5) is 23.3. The van der Waals surface area contributed by atoms with Crippen LogP contribution < -0.4 is 10.6 Å². The number of nitrogens with one attached hydrogen (secondary N) is 2. The van der Waals surface area contributed by atoms with Gasteiger partial charge in [-0.15, -0.1) is 0 Å². The van der Waals surface area contributed by atoms with Crippen molar-refractivity contribution in [3.63, 3.8) is 0 Å². The van der Waals surface area contributed by atoms with E-state index in [4.69, 9.17) is 5.11 Å². The van der Waals surface area contributed by atoms with Gasteiger partial charge in [0.15, 0.2) is 0 Å². The zero-order chi connectivity index (χ0) is 13.5. The quantitative estimate of drug-likeness (QED) is 0.706. The lowest BCUT2D eigenvalue weighted by Gasteiger charge is -2.41.